The standard InChI is InChI=1S/C26H34N6O5S.2C2H4O2/c27-10-9-23(33)31-21-7-2-8-22(14-21)38(36,37)16-20(13-17-4-1-5-18(12-17)24(28)29)26(35)32-11-3-6-19(15-32)25(30)34;2*1-2(3)4/h1-2,4-5,7-8,12,14,19-20H,3,6,9-11,13,15-16,27H2,(H3,28,29)(H2,30,34)(H,31,33);2*1H3,(H,3,4)/t19?,20-;;/m1../s1. The Labute approximate surface area is 267 Å². The summed E-state index contributed by atoms with van der Waals surface area (Å²) in [6.07, 6.45) is 1.34. The number of hydrogen-bond acceptors (Lipinski definition) is 9. The van der Waals surface area contributed by atoms with E-state index in [4.69, 9.17) is 42.4 Å². The lowest BCUT2D eigenvalue weighted by molar-refractivity contribution is -0.138. The van der Waals surface area contributed by atoms with Crippen LogP contribution in [0.3, 0.4) is 0 Å². The maximum atomic E-state index is 13.7. The van der Waals surface area contributed by atoms with Crippen LogP contribution < -0.4 is 22.5 Å². The van der Waals surface area contributed by atoms with Gasteiger partial charge in [0.15, 0.2) is 9.84 Å². The molecule has 46 heavy (non-hydrogen) atoms. The van der Waals surface area contributed by atoms with Gasteiger partial charge in [0.05, 0.1) is 22.5 Å². The minimum absolute atomic E-state index is 0.0352. The molecule has 0 bridgehead atoms. The number of hydrogen-bond donors (Lipinski definition) is 7. The monoisotopic (exact) mass is 662 g/mol. The van der Waals surface area contributed by atoms with Crippen LogP contribution in [0.2, 0.25) is 0 Å². The second kappa shape index (κ2) is 18.9. The first-order valence-corrected chi connectivity index (χ1v) is 15.8. The summed E-state index contributed by atoms with van der Waals surface area (Å²) in [6.45, 7) is 2.86. The van der Waals surface area contributed by atoms with Gasteiger partial charge in [-0.2, -0.15) is 0 Å². The van der Waals surface area contributed by atoms with Crippen LogP contribution in [0, 0.1) is 17.2 Å². The highest BCUT2D eigenvalue weighted by molar-refractivity contribution is 7.91. The van der Waals surface area contributed by atoms with Crippen molar-refractivity contribution >= 4 is 51.0 Å². The number of carbonyl (C=O) groups excluding carboxylic acids is 3. The smallest absolute Gasteiger partial charge is 0.300 e. The predicted molar refractivity (Wildman–Crippen MR) is 171 cm³/mol. The third kappa shape index (κ3) is 14.3. The van der Waals surface area contributed by atoms with Crippen LogP contribution in [0.5, 0.6) is 0 Å². The van der Waals surface area contributed by atoms with Gasteiger partial charge in [-0.25, -0.2) is 8.42 Å². The molecule has 2 aromatic carbocycles. The highest BCUT2D eigenvalue weighted by Gasteiger charge is 2.34. The number of nitrogens with one attached hydrogen (secondary N) is 2. The Hall–Kier alpha value is -4.83. The zero-order valence-electron chi connectivity index (χ0n) is 25.8. The Morgan fingerprint density at radius 3 is 2.20 bits per heavy atom. The van der Waals surface area contributed by atoms with E-state index in [9.17, 15) is 22.8 Å². The Balaban J connectivity index is 0.00000118. The number of likely N-dealkylation sites (tertiary alicyclic amines) is 1. The highest BCUT2D eigenvalue weighted by atomic mass is 32.2. The number of carboxylic acid groups (broad SMARTS) is 2. The van der Waals surface area contributed by atoms with Gasteiger partial charge in [-0.05, 0) is 49.1 Å². The molecule has 1 unspecified atom stereocenters. The molecule has 0 aliphatic carbocycles. The molecule has 2 aromatic rings. The lowest BCUT2D eigenvalue weighted by Crippen LogP contribution is -2.47. The number of nitrogen functional groups attached to an aromatic ring is 1. The minimum Gasteiger partial charge on any atom is -0.481 e. The molecule has 0 spiro atoms. The molecule has 10 N–H and O–H groups in total. The van der Waals surface area contributed by atoms with Crippen LogP contribution in [-0.4, -0.2) is 84.4 Å². The number of aliphatic carboxylic acids is 2. The molecular weight excluding hydrogens is 620 g/mol. The summed E-state index contributed by atoms with van der Waals surface area (Å²) in [6, 6.07) is 12.6. The number of sulfone groups is 1. The molecule has 1 aliphatic rings. The Morgan fingerprint density at radius 2 is 1.63 bits per heavy atom. The number of carbonyl (C=O) groups is 5. The summed E-state index contributed by atoms with van der Waals surface area (Å²) in [5, 5.41) is 25.2. The molecule has 1 heterocycles. The van der Waals surface area contributed by atoms with Crippen molar-refractivity contribution in [1.29, 1.82) is 5.41 Å². The molecule has 15 nitrogen and oxygen atoms in total. The average Bonchev–Trinajstić information content (AvgIpc) is 2.96. The number of nitrogens with two attached hydrogens (primary N) is 3. The highest BCUT2D eigenvalue weighted by Crippen LogP contribution is 2.25. The molecule has 252 valence electrons. The fourth-order valence-electron chi connectivity index (χ4n) is 4.52. The number of piperidine rings is 1. The van der Waals surface area contributed by atoms with Crippen molar-refractivity contribution in [3.8, 4) is 0 Å². The molecule has 2 atom stereocenters. The maximum Gasteiger partial charge on any atom is 0.300 e. The van der Waals surface area contributed by atoms with Crippen LogP contribution >= 0.6 is 0 Å². The van der Waals surface area contributed by atoms with Crippen molar-refractivity contribution < 1.29 is 42.6 Å². The topological polar surface area (TPSA) is 277 Å². The maximum absolute atomic E-state index is 13.7. The Bertz CT molecular complexity index is 1490. The summed E-state index contributed by atoms with van der Waals surface area (Å²) >= 11 is 0. The van der Waals surface area contributed by atoms with Gasteiger partial charge >= 0.3 is 0 Å². The number of amides is 3. The third-order valence-corrected chi connectivity index (χ3v) is 8.29. The van der Waals surface area contributed by atoms with Crippen molar-refractivity contribution in [2.75, 3.05) is 30.7 Å². The van der Waals surface area contributed by atoms with E-state index in [0.29, 0.717) is 36.2 Å². The van der Waals surface area contributed by atoms with Crippen LogP contribution in [0.1, 0.15) is 44.2 Å². The summed E-state index contributed by atoms with van der Waals surface area (Å²) in [7, 11) is -3.97. The predicted octanol–water partition coefficient (Wildman–Crippen LogP) is 0.796. The van der Waals surface area contributed by atoms with E-state index in [2.05, 4.69) is 5.32 Å². The van der Waals surface area contributed by atoms with Crippen molar-refractivity contribution in [2.24, 2.45) is 29.0 Å². The van der Waals surface area contributed by atoms with Gasteiger partial charge in [0.2, 0.25) is 17.7 Å². The van der Waals surface area contributed by atoms with Gasteiger partial charge in [-0.15, -0.1) is 0 Å². The molecule has 1 saturated heterocycles. The number of benzene rings is 2. The third-order valence-electron chi connectivity index (χ3n) is 6.47. The first-order valence-electron chi connectivity index (χ1n) is 14.2. The second-order valence-electron chi connectivity index (χ2n) is 10.5. The van der Waals surface area contributed by atoms with Crippen molar-refractivity contribution in [3.05, 3.63) is 59.7 Å². The van der Waals surface area contributed by atoms with Gasteiger partial charge in [0.1, 0.15) is 5.84 Å². The van der Waals surface area contributed by atoms with Crippen molar-refractivity contribution in [3.63, 3.8) is 0 Å². The van der Waals surface area contributed by atoms with Crippen molar-refractivity contribution in [2.45, 2.75) is 44.4 Å². The van der Waals surface area contributed by atoms with Crippen molar-refractivity contribution in [1.82, 2.24) is 4.90 Å². The van der Waals surface area contributed by atoms with Crippen LogP contribution in [0.15, 0.2) is 53.4 Å². The van der Waals surface area contributed by atoms with E-state index < -0.39 is 45.3 Å². The number of rotatable bonds is 11. The van der Waals surface area contributed by atoms with Gasteiger partial charge < -0.3 is 37.6 Å². The molecule has 1 fully saturated rings. The largest absolute Gasteiger partial charge is 0.481 e. The van der Waals surface area contributed by atoms with E-state index in [1.54, 1.807) is 30.3 Å². The Kier molecular flexibility index (Phi) is 16.1. The van der Waals surface area contributed by atoms with Crippen LogP contribution in [-0.2, 0) is 40.2 Å². The number of carboxylic acids is 2. The normalized spacial score (nSPS) is 14.7. The molecule has 1 aliphatic heterocycles. The van der Waals surface area contributed by atoms with Gasteiger partial charge in [-0.3, -0.25) is 29.4 Å². The lowest BCUT2D eigenvalue weighted by atomic mass is 9.94. The van der Waals surface area contributed by atoms with Gasteiger partial charge in [0.25, 0.3) is 11.9 Å². The molecule has 3 amide bonds. The zero-order valence-corrected chi connectivity index (χ0v) is 26.6. The summed E-state index contributed by atoms with van der Waals surface area (Å²) in [4.78, 5) is 56.8. The van der Waals surface area contributed by atoms with E-state index in [0.717, 1.165) is 13.8 Å². The van der Waals surface area contributed by atoms with Gasteiger partial charge in [-0.1, -0.05) is 24.3 Å². The second-order valence-corrected chi connectivity index (χ2v) is 12.5. The number of anilines is 1. The molecule has 16 heteroatoms. The van der Waals surface area contributed by atoms with E-state index in [1.165, 1.54) is 23.1 Å². The van der Waals surface area contributed by atoms with E-state index >= 15 is 0 Å². The molecule has 0 aromatic heterocycles. The lowest BCUT2D eigenvalue weighted by Gasteiger charge is -2.34. The minimum atomic E-state index is -3.97. The zero-order chi connectivity index (χ0) is 35.0. The SMILES string of the molecule is CC(=O)O.CC(=O)O.N=C(N)c1cccc(C[C@H](CS(=O)(=O)c2cccc(NC(=O)CCN)c2)C(=O)N2CCCC(C(N)=O)C2)c1. The Morgan fingerprint density at radius 1 is 1.02 bits per heavy atom. The quantitative estimate of drug-likeness (QED) is 0.130. The summed E-state index contributed by atoms with van der Waals surface area (Å²) in [5.74, 6) is -4.97. The molecule has 0 radical (unpaired) electrons. The van der Waals surface area contributed by atoms with Crippen LogP contribution in [0.25, 0.3) is 0 Å². The van der Waals surface area contributed by atoms with E-state index in [1.807, 2.05) is 0 Å². The fraction of sp³-hybridized carbons (Fsp3) is 0.400. The molecule has 0 saturated carbocycles. The fourth-order valence-corrected chi connectivity index (χ4v) is 6.09. The first kappa shape index (κ1) is 39.2. The first-order chi connectivity index (χ1) is 21.5. The summed E-state index contributed by atoms with van der Waals surface area (Å²) < 4.78 is 27.0. The molecule has 3 rings (SSSR count). The van der Waals surface area contributed by atoms with Crippen LogP contribution in [0.4, 0.5) is 5.69 Å². The van der Waals surface area contributed by atoms with E-state index in [-0.39, 0.29) is 48.5 Å². The number of nitrogens with zero attached hydrogens (tertiary/aromatic N) is 1. The number of primary amides is 1. The average molecular weight is 663 g/mol. The molecular formula is C30H42N6O9S. The number of amidine groups is 1. The summed E-state index contributed by atoms with van der Waals surface area (Å²) in [5.41, 5.74) is 17.9. The van der Waals surface area contributed by atoms with Gasteiger partial charge in [0, 0.05) is 51.2 Å².